The summed E-state index contributed by atoms with van der Waals surface area (Å²) in [5, 5.41) is 3.37. The number of nitrogens with two attached hydrogens (primary N) is 1. The predicted octanol–water partition coefficient (Wildman–Crippen LogP) is 3.65. The molecule has 0 bridgehead atoms. The summed E-state index contributed by atoms with van der Waals surface area (Å²) in [5.41, 5.74) is 8.58. The van der Waals surface area contributed by atoms with Gasteiger partial charge in [0.25, 0.3) is 5.91 Å². The number of rotatable bonds is 11. The van der Waals surface area contributed by atoms with E-state index in [1.54, 1.807) is 9.80 Å². The highest BCUT2D eigenvalue weighted by molar-refractivity contribution is 6.00. The van der Waals surface area contributed by atoms with Crippen molar-refractivity contribution in [2.24, 2.45) is 5.73 Å². The summed E-state index contributed by atoms with van der Waals surface area (Å²) < 4.78 is 7.86. The van der Waals surface area contributed by atoms with Crippen LogP contribution in [0.5, 0.6) is 6.01 Å². The lowest BCUT2D eigenvalue weighted by molar-refractivity contribution is -0.123. The van der Waals surface area contributed by atoms with Gasteiger partial charge < -0.3 is 25.6 Å². The average Bonchev–Trinajstić information content (AvgIpc) is 3.43. The van der Waals surface area contributed by atoms with Gasteiger partial charge in [0.15, 0.2) is 5.69 Å². The second-order valence-corrected chi connectivity index (χ2v) is 10.2. The van der Waals surface area contributed by atoms with E-state index < -0.39 is 5.91 Å². The topological polar surface area (TPSA) is 123 Å². The van der Waals surface area contributed by atoms with Crippen LogP contribution in [-0.2, 0) is 9.59 Å². The summed E-state index contributed by atoms with van der Waals surface area (Å²) >= 11 is 0. The zero-order chi connectivity index (χ0) is 30.2. The predicted molar refractivity (Wildman–Crippen MR) is 165 cm³/mol. The molecule has 0 aliphatic carbocycles. The van der Waals surface area contributed by atoms with E-state index in [2.05, 4.69) is 5.32 Å². The average molecular weight is 581 g/mol. The van der Waals surface area contributed by atoms with E-state index in [-0.39, 0.29) is 42.9 Å². The van der Waals surface area contributed by atoms with Gasteiger partial charge in [-0.1, -0.05) is 66.7 Å². The van der Waals surface area contributed by atoms with E-state index in [9.17, 15) is 14.4 Å². The molecule has 1 aromatic heterocycles. The van der Waals surface area contributed by atoms with Crippen LogP contribution in [0.4, 0.5) is 5.69 Å². The van der Waals surface area contributed by atoms with Gasteiger partial charge in [0.05, 0.1) is 24.0 Å². The number of nitrogens with zero attached hydrogens (tertiary/aromatic N) is 4. The molecule has 2 heterocycles. The molecule has 10 heteroatoms. The van der Waals surface area contributed by atoms with Gasteiger partial charge in [0.2, 0.25) is 11.8 Å². The van der Waals surface area contributed by atoms with Gasteiger partial charge in [-0.05, 0) is 31.2 Å². The Bertz CT molecular complexity index is 1540. The number of anilines is 1. The Kier molecular flexibility index (Phi) is 9.48. The van der Waals surface area contributed by atoms with Crippen LogP contribution in [0, 0.1) is 0 Å². The highest BCUT2D eigenvalue weighted by atomic mass is 16.5. The Balaban J connectivity index is 1.55. The number of amides is 3. The highest BCUT2D eigenvalue weighted by Crippen LogP contribution is 2.33. The SMILES string of the molecule is CCOc1nc(C(=O)N2CCNC[C@H]2CN(C(=O)CCC(N)=O)c2ccccc2)c(-c2ccccc2)n1-c1ccccc1. The maximum atomic E-state index is 14.5. The van der Waals surface area contributed by atoms with Crippen LogP contribution in [0.1, 0.15) is 30.3 Å². The Morgan fingerprint density at radius 2 is 1.60 bits per heavy atom. The molecule has 3 aromatic carbocycles. The van der Waals surface area contributed by atoms with Crippen molar-refractivity contribution >= 4 is 23.4 Å². The Labute approximate surface area is 251 Å². The van der Waals surface area contributed by atoms with Gasteiger partial charge in [0.1, 0.15) is 0 Å². The molecule has 1 atom stereocenters. The molecule has 1 aliphatic heterocycles. The Hall–Kier alpha value is -4.96. The number of nitrogens with one attached hydrogen (secondary N) is 1. The standard InChI is InChI=1S/C33H36N6O4/c1-2-43-33-36-30(31(24-12-6-3-7-13-24)39(33)26-16-10-5-11-17-26)32(42)37-21-20-35-22-27(37)23-38(25-14-8-4-9-15-25)29(41)19-18-28(34)40/h3-17,27,35H,2,18-23H2,1H3,(H2,34,40)/t27-/m0/s1. The van der Waals surface area contributed by atoms with Crippen molar-refractivity contribution in [3.63, 3.8) is 0 Å². The molecule has 3 N–H and O–H groups in total. The first-order chi connectivity index (χ1) is 21.0. The fraction of sp³-hybridized carbons (Fsp3) is 0.273. The zero-order valence-electron chi connectivity index (χ0n) is 24.2. The van der Waals surface area contributed by atoms with E-state index in [0.29, 0.717) is 43.6 Å². The summed E-state index contributed by atoms with van der Waals surface area (Å²) in [6.45, 7) is 4.00. The van der Waals surface area contributed by atoms with Crippen LogP contribution < -0.4 is 20.7 Å². The minimum Gasteiger partial charge on any atom is -0.465 e. The number of para-hydroxylation sites is 2. The number of hydrogen-bond donors (Lipinski definition) is 2. The van der Waals surface area contributed by atoms with Crippen LogP contribution >= 0.6 is 0 Å². The van der Waals surface area contributed by atoms with E-state index in [1.165, 1.54) is 0 Å². The Morgan fingerprint density at radius 1 is 0.953 bits per heavy atom. The monoisotopic (exact) mass is 580 g/mol. The lowest BCUT2D eigenvalue weighted by atomic mass is 10.1. The van der Waals surface area contributed by atoms with Gasteiger partial charge in [0, 0.05) is 50.3 Å². The molecule has 0 spiro atoms. The van der Waals surface area contributed by atoms with Crippen molar-refractivity contribution in [1.82, 2.24) is 19.8 Å². The number of ether oxygens (including phenoxy) is 1. The van der Waals surface area contributed by atoms with E-state index in [0.717, 1.165) is 11.3 Å². The van der Waals surface area contributed by atoms with E-state index in [1.807, 2.05) is 102 Å². The number of imidazole rings is 1. The molecular formula is C33H36N6O4. The highest BCUT2D eigenvalue weighted by Gasteiger charge is 2.35. The minimum absolute atomic E-state index is 0.0182. The molecule has 0 radical (unpaired) electrons. The first-order valence-corrected chi connectivity index (χ1v) is 14.5. The lowest BCUT2D eigenvalue weighted by Crippen LogP contribution is -2.58. The summed E-state index contributed by atoms with van der Waals surface area (Å²) in [6.07, 6.45) is -0.0685. The second kappa shape index (κ2) is 13.8. The molecule has 222 valence electrons. The first-order valence-electron chi connectivity index (χ1n) is 14.5. The van der Waals surface area contributed by atoms with Gasteiger partial charge in [-0.15, -0.1) is 0 Å². The fourth-order valence-corrected chi connectivity index (χ4v) is 5.32. The molecule has 1 fully saturated rings. The van der Waals surface area contributed by atoms with Gasteiger partial charge in [-0.25, -0.2) is 0 Å². The van der Waals surface area contributed by atoms with Gasteiger partial charge in [-0.2, -0.15) is 4.98 Å². The van der Waals surface area contributed by atoms with Crippen molar-refractivity contribution < 1.29 is 19.1 Å². The minimum atomic E-state index is -0.537. The molecule has 0 saturated carbocycles. The number of piperazine rings is 1. The van der Waals surface area contributed by atoms with Crippen LogP contribution in [-0.4, -0.2) is 71.0 Å². The van der Waals surface area contributed by atoms with Gasteiger partial charge in [-0.3, -0.25) is 19.0 Å². The fourth-order valence-electron chi connectivity index (χ4n) is 5.32. The second-order valence-electron chi connectivity index (χ2n) is 10.2. The molecule has 4 aromatic rings. The van der Waals surface area contributed by atoms with Crippen molar-refractivity contribution in [2.75, 3.05) is 37.7 Å². The quantitative estimate of drug-likeness (QED) is 0.279. The molecule has 43 heavy (non-hydrogen) atoms. The maximum absolute atomic E-state index is 14.5. The lowest BCUT2D eigenvalue weighted by Gasteiger charge is -2.39. The first kappa shape index (κ1) is 29.5. The van der Waals surface area contributed by atoms with Crippen LogP contribution in [0.25, 0.3) is 16.9 Å². The largest absolute Gasteiger partial charge is 0.465 e. The molecule has 1 saturated heterocycles. The molecule has 5 rings (SSSR count). The van der Waals surface area contributed by atoms with Crippen molar-refractivity contribution in [3.05, 3.63) is 96.7 Å². The number of aromatic nitrogens is 2. The molecule has 10 nitrogen and oxygen atoms in total. The maximum Gasteiger partial charge on any atom is 0.302 e. The third-order valence-electron chi connectivity index (χ3n) is 7.34. The number of carbonyl (C=O) groups is 3. The van der Waals surface area contributed by atoms with E-state index in [4.69, 9.17) is 15.5 Å². The number of primary amides is 1. The molecule has 1 aliphatic rings. The number of benzene rings is 3. The van der Waals surface area contributed by atoms with Crippen LogP contribution in [0.2, 0.25) is 0 Å². The zero-order valence-corrected chi connectivity index (χ0v) is 24.2. The number of hydrogen-bond acceptors (Lipinski definition) is 6. The third kappa shape index (κ3) is 6.76. The number of carbonyl (C=O) groups excluding carboxylic acids is 3. The summed E-state index contributed by atoms with van der Waals surface area (Å²) in [6, 6.07) is 28.6. The van der Waals surface area contributed by atoms with Crippen molar-refractivity contribution in [1.29, 1.82) is 0 Å². The normalized spacial score (nSPS) is 14.7. The smallest absolute Gasteiger partial charge is 0.302 e. The summed E-state index contributed by atoms with van der Waals surface area (Å²) in [4.78, 5) is 47.5. The molecule has 0 unspecified atom stereocenters. The third-order valence-corrected chi connectivity index (χ3v) is 7.34. The van der Waals surface area contributed by atoms with Gasteiger partial charge >= 0.3 is 6.01 Å². The van der Waals surface area contributed by atoms with E-state index >= 15 is 0 Å². The van der Waals surface area contributed by atoms with Crippen LogP contribution in [0.15, 0.2) is 91.0 Å². The summed E-state index contributed by atoms with van der Waals surface area (Å²) in [5.74, 6) is -1.02. The van der Waals surface area contributed by atoms with Crippen molar-refractivity contribution in [3.8, 4) is 23.0 Å². The summed E-state index contributed by atoms with van der Waals surface area (Å²) in [7, 11) is 0. The molecular weight excluding hydrogens is 544 g/mol. The van der Waals surface area contributed by atoms with Crippen molar-refractivity contribution in [2.45, 2.75) is 25.8 Å². The van der Waals surface area contributed by atoms with Crippen LogP contribution in [0.3, 0.4) is 0 Å². The molecule has 3 amide bonds. The Morgan fingerprint density at radius 3 is 2.26 bits per heavy atom.